The van der Waals surface area contributed by atoms with Gasteiger partial charge in [0.2, 0.25) is 0 Å². The predicted molar refractivity (Wildman–Crippen MR) is 307 cm³/mol. The lowest BCUT2D eigenvalue weighted by atomic mass is 9.95. The first-order chi connectivity index (χ1) is 36.7. The van der Waals surface area contributed by atoms with Crippen molar-refractivity contribution < 1.29 is 0 Å². The van der Waals surface area contributed by atoms with E-state index in [2.05, 4.69) is 264 Å². The maximum Gasteiger partial charge on any atom is 0.164 e. The van der Waals surface area contributed by atoms with Crippen LogP contribution in [-0.2, 0) is 0 Å². The Labute approximate surface area is 428 Å². The molecule has 14 rings (SSSR count). The molecule has 0 radical (unpaired) electrons. The third-order valence-electron chi connectivity index (χ3n) is 14.4. The van der Waals surface area contributed by atoms with Crippen LogP contribution in [0.2, 0.25) is 0 Å². The average Bonchev–Trinajstić information content (AvgIpc) is 4.00. The predicted octanol–water partition coefficient (Wildman–Crippen LogP) is 17.7. The molecule has 5 nitrogen and oxygen atoms in total. The van der Waals surface area contributed by atoms with Crippen molar-refractivity contribution >= 4 is 43.6 Å². The SMILES string of the molecule is c1ccc(-c2cccc(-c3ccc(-c4cc(-c5nc(-c6ccccc6)nc(-c6cccc(-n7c8ccccc8c8cc(-c9ccccc9)ccc87)c6)n5)ccc4-n4c5ccccc5c5ccccc54)cc3)c2)cc1. The summed E-state index contributed by atoms with van der Waals surface area (Å²) in [6.07, 6.45) is 0. The van der Waals surface area contributed by atoms with Crippen LogP contribution in [0, 0.1) is 0 Å². The van der Waals surface area contributed by atoms with Gasteiger partial charge in [-0.05, 0) is 106 Å². The average molecular weight is 944 g/mol. The maximum atomic E-state index is 5.37. The molecule has 11 aromatic carbocycles. The van der Waals surface area contributed by atoms with E-state index in [1.165, 1.54) is 49.4 Å². The Morgan fingerprint density at radius 2 is 0.608 bits per heavy atom. The molecule has 0 aliphatic heterocycles. The first kappa shape index (κ1) is 42.9. The summed E-state index contributed by atoms with van der Waals surface area (Å²) in [6.45, 7) is 0. The van der Waals surface area contributed by atoms with Gasteiger partial charge in [0.25, 0.3) is 0 Å². The fourth-order valence-corrected chi connectivity index (χ4v) is 10.8. The molecule has 0 saturated heterocycles. The number of benzene rings is 11. The van der Waals surface area contributed by atoms with Crippen molar-refractivity contribution in [2.75, 3.05) is 0 Å². The van der Waals surface area contributed by atoms with Crippen LogP contribution in [0.5, 0.6) is 0 Å². The van der Waals surface area contributed by atoms with Gasteiger partial charge in [-0.25, -0.2) is 15.0 Å². The zero-order valence-corrected chi connectivity index (χ0v) is 40.2. The first-order valence-corrected chi connectivity index (χ1v) is 25.1. The van der Waals surface area contributed by atoms with E-state index in [4.69, 9.17) is 15.0 Å². The van der Waals surface area contributed by atoms with Gasteiger partial charge in [-0.2, -0.15) is 0 Å². The molecule has 0 N–H and O–H groups in total. The summed E-state index contributed by atoms with van der Waals surface area (Å²) in [5.74, 6) is 1.79. The Hall–Kier alpha value is -9.97. The summed E-state index contributed by atoms with van der Waals surface area (Å²) in [6, 6.07) is 97.2. The lowest BCUT2D eigenvalue weighted by molar-refractivity contribution is 1.07. The zero-order chi connectivity index (χ0) is 49.0. The van der Waals surface area contributed by atoms with Crippen molar-refractivity contribution in [1.29, 1.82) is 0 Å². The molecule has 3 aromatic heterocycles. The van der Waals surface area contributed by atoms with Crippen molar-refractivity contribution in [2.45, 2.75) is 0 Å². The molecule has 0 bridgehead atoms. The van der Waals surface area contributed by atoms with Crippen LogP contribution in [0.15, 0.2) is 273 Å². The number of hydrogen-bond donors (Lipinski definition) is 0. The summed E-state index contributed by atoms with van der Waals surface area (Å²) in [4.78, 5) is 15.9. The molecule has 0 atom stereocenters. The fraction of sp³-hybridized carbons (Fsp3) is 0. The number of hydrogen-bond acceptors (Lipinski definition) is 3. The Kier molecular flexibility index (Phi) is 10.4. The minimum Gasteiger partial charge on any atom is -0.309 e. The second-order valence-corrected chi connectivity index (χ2v) is 18.8. The highest BCUT2D eigenvalue weighted by Crippen LogP contribution is 2.40. The summed E-state index contributed by atoms with van der Waals surface area (Å²) in [5, 5.41) is 4.82. The van der Waals surface area contributed by atoms with Gasteiger partial charge < -0.3 is 9.13 Å². The fourth-order valence-electron chi connectivity index (χ4n) is 10.8. The molecule has 0 saturated carbocycles. The molecule has 0 amide bonds. The number of rotatable bonds is 9. The lowest BCUT2D eigenvalue weighted by Gasteiger charge is -2.17. The van der Waals surface area contributed by atoms with E-state index >= 15 is 0 Å². The van der Waals surface area contributed by atoms with Crippen molar-refractivity contribution in [1.82, 2.24) is 24.1 Å². The molecule has 0 fully saturated rings. The van der Waals surface area contributed by atoms with Crippen LogP contribution in [0.3, 0.4) is 0 Å². The highest BCUT2D eigenvalue weighted by atomic mass is 15.0. The molecular weight excluding hydrogens is 899 g/mol. The van der Waals surface area contributed by atoms with Gasteiger partial charge in [-0.15, -0.1) is 0 Å². The molecule has 5 heteroatoms. The summed E-state index contributed by atoms with van der Waals surface area (Å²) in [7, 11) is 0. The van der Waals surface area contributed by atoms with Crippen molar-refractivity contribution in [3.8, 4) is 90.0 Å². The molecule has 0 spiro atoms. The topological polar surface area (TPSA) is 48.5 Å². The third kappa shape index (κ3) is 7.54. The van der Waals surface area contributed by atoms with Crippen LogP contribution in [0.1, 0.15) is 0 Å². The molecule has 3 heterocycles. The zero-order valence-electron chi connectivity index (χ0n) is 40.2. The third-order valence-corrected chi connectivity index (χ3v) is 14.4. The molecule has 74 heavy (non-hydrogen) atoms. The largest absolute Gasteiger partial charge is 0.309 e. The first-order valence-electron chi connectivity index (χ1n) is 25.1. The van der Waals surface area contributed by atoms with Gasteiger partial charge in [0.05, 0.1) is 27.8 Å². The number of fused-ring (bicyclic) bond motifs is 6. The van der Waals surface area contributed by atoms with E-state index in [1.807, 2.05) is 18.2 Å². The number of aromatic nitrogens is 5. The molecular formula is C69H45N5. The van der Waals surface area contributed by atoms with Gasteiger partial charge in [0.1, 0.15) is 0 Å². The van der Waals surface area contributed by atoms with Gasteiger partial charge in [-0.1, -0.05) is 206 Å². The highest BCUT2D eigenvalue weighted by molar-refractivity contribution is 6.11. The quantitative estimate of drug-likeness (QED) is 0.145. The van der Waals surface area contributed by atoms with Gasteiger partial charge in [-0.3, -0.25) is 0 Å². The minimum absolute atomic E-state index is 0.592. The second-order valence-electron chi connectivity index (χ2n) is 18.8. The van der Waals surface area contributed by atoms with Crippen molar-refractivity contribution in [2.24, 2.45) is 0 Å². The maximum absolute atomic E-state index is 5.37. The van der Waals surface area contributed by atoms with E-state index in [1.54, 1.807) is 0 Å². The van der Waals surface area contributed by atoms with Crippen LogP contribution in [0.4, 0.5) is 0 Å². The highest BCUT2D eigenvalue weighted by Gasteiger charge is 2.20. The van der Waals surface area contributed by atoms with Crippen molar-refractivity contribution in [3.05, 3.63) is 273 Å². The molecule has 0 unspecified atom stereocenters. The van der Waals surface area contributed by atoms with E-state index in [0.29, 0.717) is 17.5 Å². The molecule has 0 aliphatic carbocycles. The Morgan fingerprint density at radius 3 is 1.22 bits per heavy atom. The minimum atomic E-state index is 0.592. The van der Waals surface area contributed by atoms with Crippen LogP contribution < -0.4 is 0 Å². The lowest BCUT2D eigenvalue weighted by Crippen LogP contribution is -2.02. The van der Waals surface area contributed by atoms with Crippen molar-refractivity contribution in [3.63, 3.8) is 0 Å². The monoisotopic (exact) mass is 943 g/mol. The smallest absolute Gasteiger partial charge is 0.164 e. The standard InChI is InChI=1S/C69H45N5/c1-4-18-46(19-5-1)51-24-16-25-52(42-51)48-34-36-49(37-35-48)60-45-55(39-41-65(60)74-63-32-14-10-28-57(63)58-29-11-15-33-64(58)74)69-71-67(50-22-8-3-9-23-50)70-68(72-69)54-26-17-27-56(43-54)73-62-31-13-12-30-59(62)61-44-53(38-40-66(61)73)47-20-6-2-7-21-47/h1-45H. The molecule has 346 valence electrons. The van der Waals surface area contributed by atoms with E-state index in [-0.39, 0.29) is 0 Å². The van der Waals surface area contributed by atoms with Gasteiger partial charge >= 0.3 is 0 Å². The van der Waals surface area contributed by atoms with E-state index in [0.717, 1.165) is 66.8 Å². The van der Waals surface area contributed by atoms with Crippen LogP contribution in [-0.4, -0.2) is 24.1 Å². The van der Waals surface area contributed by atoms with E-state index < -0.39 is 0 Å². The normalized spacial score (nSPS) is 11.5. The van der Waals surface area contributed by atoms with Gasteiger partial charge in [0, 0.05) is 49.5 Å². The number of para-hydroxylation sites is 3. The summed E-state index contributed by atoms with van der Waals surface area (Å²) >= 11 is 0. The van der Waals surface area contributed by atoms with Gasteiger partial charge in [0.15, 0.2) is 17.5 Å². The molecule has 14 aromatic rings. The van der Waals surface area contributed by atoms with E-state index in [9.17, 15) is 0 Å². The summed E-state index contributed by atoms with van der Waals surface area (Å²) < 4.78 is 4.76. The Bertz CT molecular complexity index is 4350. The summed E-state index contributed by atoms with van der Waals surface area (Å²) in [5.41, 5.74) is 18.6. The van der Waals surface area contributed by atoms with Crippen LogP contribution >= 0.6 is 0 Å². The van der Waals surface area contributed by atoms with Crippen LogP contribution in [0.25, 0.3) is 134 Å². The second kappa shape index (κ2) is 18.0. The Balaban J connectivity index is 0.927. The Morgan fingerprint density at radius 1 is 0.216 bits per heavy atom. The molecule has 0 aliphatic rings. The number of nitrogens with zero attached hydrogens (tertiary/aromatic N) is 5.